The second-order valence-electron chi connectivity index (χ2n) is 14.0. The fourth-order valence-corrected chi connectivity index (χ4v) is 7.93. The molecule has 8 nitrogen and oxygen atoms in total. The Labute approximate surface area is 244 Å². The minimum Gasteiger partial charge on any atom is -0.396 e. The number of para-hydroxylation sites is 1. The van der Waals surface area contributed by atoms with Crippen LogP contribution in [-0.4, -0.2) is 81.7 Å². The molecule has 4 aliphatic rings. The van der Waals surface area contributed by atoms with Crippen molar-refractivity contribution in [2.45, 2.75) is 83.6 Å². The number of aliphatic hydroxyl groups is 1. The highest BCUT2D eigenvalue weighted by Gasteiger charge is 2.75. The van der Waals surface area contributed by atoms with Gasteiger partial charge in [-0.05, 0) is 57.6 Å². The molecule has 1 aromatic carbocycles. The Bertz CT molecular complexity index is 1250. The summed E-state index contributed by atoms with van der Waals surface area (Å²) in [6.45, 7) is 13.6. The van der Waals surface area contributed by atoms with Crippen molar-refractivity contribution in [3.8, 4) is 0 Å². The highest BCUT2D eigenvalue weighted by Crippen LogP contribution is 2.58. The normalized spacial score (nSPS) is 31.7. The van der Waals surface area contributed by atoms with Gasteiger partial charge in [0.05, 0.1) is 17.4 Å². The van der Waals surface area contributed by atoms with Crippen molar-refractivity contribution in [2.75, 3.05) is 31.1 Å². The molecule has 2 fully saturated rings. The fourth-order valence-electron chi connectivity index (χ4n) is 7.93. The van der Waals surface area contributed by atoms with Gasteiger partial charge in [-0.2, -0.15) is 0 Å². The average Bonchev–Trinajstić information content (AvgIpc) is 3.14. The van der Waals surface area contributed by atoms with E-state index in [1.165, 1.54) is 0 Å². The molecule has 2 saturated heterocycles. The standard InChI is InChI=1S/C33H45N3O5/c1-30(2,3)22-31(4,5)36-20-13-17-33-25(28(39)35(18-10-11-21-37)26(33)29(36)40)24-27(38)34(23-14-8-7-9-15-23)19-12-16-32(24,6)41-33/h7-9,12-17,24-26,37H,10-11,18-22H2,1-6H3/t24-,25-,26?,32+,33-/m0/s1. The quantitative estimate of drug-likeness (QED) is 0.401. The molecule has 0 bridgehead atoms. The molecule has 4 heterocycles. The SMILES string of the molecule is CC(C)(C)CC(C)(C)N1CC=C[C@]23O[C@]4(C)C=CCN(c5ccccc5)C(=O)[C@@H]4[C@H]2C(=O)N(CCCCO)C3C1=O. The van der Waals surface area contributed by atoms with Crippen LogP contribution in [0.3, 0.4) is 0 Å². The molecule has 1 unspecified atom stereocenters. The Hall–Kier alpha value is -2.97. The topological polar surface area (TPSA) is 90.4 Å². The van der Waals surface area contributed by atoms with Crippen LogP contribution in [-0.2, 0) is 19.1 Å². The molecule has 3 amide bonds. The summed E-state index contributed by atoms with van der Waals surface area (Å²) < 4.78 is 6.94. The predicted octanol–water partition coefficient (Wildman–Crippen LogP) is 3.95. The predicted molar refractivity (Wildman–Crippen MR) is 158 cm³/mol. The summed E-state index contributed by atoms with van der Waals surface area (Å²) in [6.07, 6.45) is 9.55. The van der Waals surface area contributed by atoms with E-state index in [-0.39, 0.29) is 29.7 Å². The third-order valence-corrected chi connectivity index (χ3v) is 9.13. The van der Waals surface area contributed by atoms with E-state index in [0.717, 1.165) is 12.1 Å². The second-order valence-corrected chi connectivity index (χ2v) is 14.0. The number of carbonyl (C=O) groups is 3. The lowest BCUT2D eigenvalue weighted by Crippen LogP contribution is -2.60. The van der Waals surface area contributed by atoms with Gasteiger partial charge in [-0.15, -0.1) is 0 Å². The summed E-state index contributed by atoms with van der Waals surface area (Å²) >= 11 is 0. The molecular weight excluding hydrogens is 518 g/mol. The summed E-state index contributed by atoms with van der Waals surface area (Å²) in [6, 6.07) is 8.58. The molecule has 222 valence electrons. The smallest absolute Gasteiger partial charge is 0.249 e. The van der Waals surface area contributed by atoms with Crippen LogP contribution >= 0.6 is 0 Å². The zero-order valence-corrected chi connectivity index (χ0v) is 25.3. The first-order valence-corrected chi connectivity index (χ1v) is 14.9. The Morgan fingerprint density at radius 3 is 2.24 bits per heavy atom. The summed E-state index contributed by atoms with van der Waals surface area (Å²) in [4.78, 5) is 48.8. The molecule has 5 atom stereocenters. The van der Waals surface area contributed by atoms with Crippen molar-refractivity contribution in [3.05, 3.63) is 54.6 Å². The lowest BCUT2D eigenvalue weighted by atomic mass is 9.74. The van der Waals surface area contributed by atoms with Crippen molar-refractivity contribution >= 4 is 23.4 Å². The molecule has 41 heavy (non-hydrogen) atoms. The molecular formula is C33H45N3O5. The molecule has 4 aliphatic heterocycles. The van der Waals surface area contributed by atoms with Crippen LogP contribution in [0.5, 0.6) is 0 Å². The molecule has 5 rings (SSSR count). The summed E-state index contributed by atoms with van der Waals surface area (Å²) in [5, 5.41) is 9.47. The maximum atomic E-state index is 14.7. The molecule has 0 aromatic heterocycles. The van der Waals surface area contributed by atoms with Gasteiger partial charge in [-0.25, -0.2) is 0 Å². The minimum atomic E-state index is -1.28. The number of aliphatic hydroxyl groups excluding tert-OH is 1. The maximum absolute atomic E-state index is 14.7. The van der Waals surface area contributed by atoms with E-state index in [1.54, 1.807) is 9.80 Å². The van der Waals surface area contributed by atoms with E-state index < -0.39 is 34.6 Å². The first kappa shape index (κ1) is 29.5. The number of fused-ring (bicyclic) bond motifs is 2. The number of anilines is 1. The van der Waals surface area contributed by atoms with E-state index in [9.17, 15) is 19.5 Å². The maximum Gasteiger partial charge on any atom is 0.249 e. The van der Waals surface area contributed by atoms with Gasteiger partial charge in [-0.1, -0.05) is 63.3 Å². The van der Waals surface area contributed by atoms with Gasteiger partial charge < -0.3 is 24.5 Å². The number of ether oxygens (including phenoxy) is 1. The van der Waals surface area contributed by atoms with Crippen LogP contribution < -0.4 is 4.90 Å². The molecule has 8 heteroatoms. The van der Waals surface area contributed by atoms with Crippen molar-refractivity contribution in [3.63, 3.8) is 0 Å². The zero-order chi connectivity index (χ0) is 29.8. The van der Waals surface area contributed by atoms with E-state index >= 15 is 0 Å². The zero-order valence-electron chi connectivity index (χ0n) is 25.3. The fraction of sp³-hybridized carbons (Fsp3) is 0.606. The monoisotopic (exact) mass is 563 g/mol. The van der Waals surface area contributed by atoms with Gasteiger partial charge >= 0.3 is 0 Å². The summed E-state index contributed by atoms with van der Waals surface area (Å²) in [5.41, 5.74) is -2.07. The van der Waals surface area contributed by atoms with Crippen LogP contribution in [0.25, 0.3) is 0 Å². The molecule has 1 aromatic rings. The number of benzene rings is 1. The third-order valence-electron chi connectivity index (χ3n) is 9.13. The molecule has 0 radical (unpaired) electrons. The van der Waals surface area contributed by atoms with E-state index in [1.807, 2.05) is 66.5 Å². The van der Waals surface area contributed by atoms with Crippen molar-refractivity contribution in [1.29, 1.82) is 0 Å². The lowest BCUT2D eigenvalue weighted by Gasteiger charge is -2.44. The molecule has 1 N–H and O–H groups in total. The second kappa shape index (κ2) is 10.4. The first-order chi connectivity index (χ1) is 19.3. The number of rotatable bonds is 7. The Morgan fingerprint density at radius 1 is 0.902 bits per heavy atom. The van der Waals surface area contributed by atoms with E-state index in [0.29, 0.717) is 32.5 Å². The summed E-state index contributed by atoms with van der Waals surface area (Å²) in [5.74, 6) is -2.21. The van der Waals surface area contributed by atoms with Gasteiger partial charge in [-0.3, -0.25) is 14.4 Å². The van der Waals surface area contributed by atoms with Gasteiger partial charge in [0.25, 0.3) is 0 Å². The van der Waals surface area contributed by atoms with Gasteiger partial charge in [0.1, 0.15) is 11.6 Å². The molecule has 0 saturated carbocycles. The van der Waals surface area contributed by atoms with Crippen LogP contribution in [0.15, 0.2) is 54.6 Å². The van der Waals surface area contributed by atoms with E-state index in [2.05, 4.69) is 34.6 Å². The number of hydrogen-bond acceptors (Lipinski definition) is 5. The highest BCUT2D eigenvalue weighted by atomic mass is 16.5. The highest BCUT2D eigenvalue weighted by molar-refractivity contribution is 6.04. The lowest BCUT2D eigenvalue weighted by molar-refractivity contribution is -0.155. The van der Waals surface area contributed by atoms with Crippen molar-refractivity contribution in [1.82, 2.24) is 9.80 Å². The largest absolute Gasteiger partial charge is 0.396 e. The van der Waals surface area contributed by atoms with Gasteiger partial charge in [0.2, 0.25) is 17.7 Å². The van der Waals surface area contributed by atoms with Crippen LogP contribution in [0.4, 0.5) is 5.69 Å². The first-order valence-electron chi connectivity index (χ1n) is 14.9. The molecule has 0 aliphatic carbocycles. The van der Waals surface area contributed by atoms with E-state index in [4.69, 9.17) is 4.74 Å². The van der Waals surface area contributed by atoms with Crippen LogP contribution in [0.2, 0.25) is 0 Å². The third kappa shape index (κ3) is 4.93. The van der Waals surface area contributed by atoms with Crippen LogP contribution in [0, 0.1) is 17.3 Å². The van der Waals surface area contributed by atoms with Gasteiger partial charge in [0.15, 0.2) is 0 Å². The Kier molecular flexibility index (Phi) is 7.48. The number of carbonyl (C=O) groups excluding carboxylic acids is 3. The number of amides is 3. The van der Waals surface area contributed by atoms with Gasteiger partial charge in [0, 0.05) is 37.5 Å². The summed E-state index contributed by atoms with van der Waals surface area (Å²) in [7, 11) is 0. The number of unbranched alkanes of at least 4 members (excludes halogenated alkanes) is 1. The van der Waals surface area contributed by atoms with Crippen molar-refractivity contribution < 1.29 is 24.2 Å². The minimum absolute atomic E-state index is 0.00632. The number of hydrogen-bond donors (Lipinski definition) is 1. The van der Waals surface area contributed by atoms with Crippen LogP contribution in [0.1, 0.15) is 60.8 Å². The Morgan fingerprint density at radius 2 is 1.59 bits per heavy atom. The van der Waals surface area contributed by atoms with Crippen molar-refractivity contribution in [2.24, 2.45) is 17.3 Å². The molecule has 1 spiro atoms. The number of nitrogens with zero attached hydrogens (tertiary/aromatic N) is 3. The Balaban J connectivity index is 1.61. The number of likely N-dealkylation sites (tertiary alicyclic amines) is 1. The average molecular weight is 564 g/mol.